The number of oxime groups is 1. The number of nitrogens with zero attached hydrogens (tertiary/aromatic N) is 2. The molecule has 3 atom stereocenters. The summed E-state index contributed by atoms with van der Waals surface area (Å²) in [6, 6.07) is 0.501. The van der Waals surface area contributed by atoms with Gasteiger partial charge in [0.05, 0.1) is 11.8 Å². The molecule has 0 aromatic heterocycles. The van der Waals surface area contributed by atoms with Gasteiger partial charge in [0.2, 0.25) is 0 Å². The lowest BCUT2D eigenvalue weighted by Crippen LogP contribution is -2.43. The highest BCUT2D eigenvalue weighted by atomic mass is 16.4. The van der Waals surface area contributed by atoms with Crippen molar-refractivity contribution in [1.82, 2.24) is 4.90 Å². The van der Waals surface area contributed by atoms with E-state index < -0.39 is 0 Å². The zero-order chi connectivity index (χ0) is 9.54. The zero-order valence-corrected chi connectivity index (χ0v) is 8.52. The van der Waals surface area contributed by atoms with Gasteiger partial charge in [-0.3, -0.25) is 4.90 Å². The van der Waals surface area contributed by atoms with Gasteiger partial charge in [-0.2, -0.15) is 0 Å². The second-order valence-corrected chi connectivity index (χ2v) is 4.98. The Morgan fingerprint density at radius 2 is 2.00 bits per heavy atom. The van der Waals surface area contributed by atoms with Crippen LogP contribution in [0, 0.1) is 11.8 Å². The van der Waals surface area contributed by atoms with Gasteiger partial charge in [0.25, 0.3) is 0 Å². The third-order valence-electron chi connectivity index (χ3n) is 4.29. The van der Waals surface area contributed by atoms with E-state index in [-0.39, 0.29) is 0 Å². The summed E-state index contributed by atoms with van der Waals surface area (Å²) in [7, 11) is 0. The SMILES string of the molecule is ON=C1C2CCC(C2)C1N1CCCC1. The molecule has 0 aromatic carbocycles. The standard InChI is InChI=1S/C11H18N2O/c14-12-10-8-3-4-9(7-8)11(10)13-5-1-2-6-13/h8-9,11,14H,1-7H2. The largest absolute Gasteiger partial charge is 0.411 e. The van der Waals surface area contributed by atoms with Crippen molar-refractivity contribution in [2.75, 3.05) is 13.1 Å². The van der Waals surface area contributed by atoms with Crippen LogP contribution < -0.4 is 0 Å². The first-order chi connectivity index (χ1) is 6.90. The van der Waals surface area contributed by atoms with E-state index in [0.717, 1.165) is 11.6 Å². The van der Waals surface area contributed by atoms with E-state index in [1.807, 2.05) is 0 Å². The molecule has 3 unspecified atom stereocenters. The lowest BCUT2D eigenvalue weighted by Gasteiger charge is -2.31. The summed E-state index contributed by atoms with van der Waals surface area (Å²) in [4.78, 5) is 2.54. The van der Waals surface area contributed by atoms with Gasteiger partial charge in [0.15, 0.2) is 0 Å². The number of hydrogen-bond donors (Lipinski definition) is 1. The van der Waals surface area contributed by atoms with Crippen molar-refractivity contribution < 1.29 is 5.21 Å². The van der Waals surface area contributed by atoms with Gasteiger partial charge in [-0.1, -0.05) is 5.16 Å². The molecular weight excluding hydrogens is 176 g/mol. The molecule has 2 bridgehead atoms. The van der Waals surface area contributed by atoms with Crippen LogP contribution in [0.5, 0.6) is 0 Å². The van der Waals surface area contributed by atoms with Crippen molar-refractivity contribution in [2.24, 2.45) is 17.0 Å². The molecular formula is C11H18N2O. The van der Waals surface area contributed by atoms with E-state index in [4.69, 9.17) is 5.21 Å². The van der Waals surface area contributed by atoms with Crippen LogP contribution in [-0.4, -0.2) is 35.0 Å². The maximum Gasteiger partial charge on any atom is 0.0775 e. The Morgan fingerprint density at radius 3 is 2.71 bits per heavy atom. The Balaban J connectivity index is 1.83. The molecule has 2 aliphatic carbocycles. The van der Waals surface area contributed by atoms with Crippen LogP contribution in [0.2, 0.25) is 0 Å². The van der Waals surface area contributed by atoms with Crippen molar-refractivity contribution in [2.45, 2.75) is 38.1 Å². The average molecular weight is 194 g/mol. The number of fused-ring (bicyclic) bond motifs is 2. The minimum Gasteiger partial charge on any atom is -0.411 e. The van der Waals surface area contributed by atoms with Crippen molar-refractivity contribution in [3.8, 4) is 0 Å². The van der Waals surface area contributed by atoms with E-state index in [1.165, 1.54) is 45.2 Å². The van der Waals surface area contributed by atoms with Crippen molar-refractivity contribution in [3.63, 3.8) is 0 Å². The average Bonchev–Trinajstić information content (AvgIpc) is 2.92. The van der Waals surface area contributed by atoms with Crippen LogP contribution in [0.25, 0.3) is 0 Å². The van der Waals surface area contributed by atoms with E-state index in [1.54, 1.807) is 0 Å². The molecule has 0 amide bonds. The molecule has 78 valence electrons. The summed E-state index contributed by atoms with van der Waals surface area (Å²) in [6.45, 7) is 2.43. The summed E-state index contributed by atoms with van der Waals surface area (Å²) in [5.41, 5.74) is 1.10. The lowest BCUT2D eigenvalue weighted by atomic mass is 9.92. The highest BCUT2D eigenvalue weighted by Crippen LogP contribution is 2.45. The third kappa shape index (κ3) is 1.11. The topological polar surface area (TPSA) is 35.8 Å². The zero-order valence-electron chi connectivity index (χ0n) is 8.52. The summed E-state index contributed by atoms with van der Waals surface area (Å²) in [5, 5.41) is 12.7. The minimum atomic E-state index is 0.501. The first kappa shape index (κ1) is 8.72. The fourth-order valence-electron chi connectivity index (χ4n) is 3.70. The summed E-state index contributed by atoms with van der Waals surface area (Å²) >= 11 is 0. The Labute approximate surface area is 84.8 Å². The van der Waals surface area contributed by atoms with E-state index >= 15 is 0 Å². The molecule has 0 aromatic rings. The third-order valence-corrected chi connectivity index (χ3v) is 4.29. The van der Waals surface area contributed by atoms with Crippen LogP contribution in [0.1, 0.15) is 32.1 Å². The molecule has 0 spiro atoms. The highest BCUT2D eigenvalue weighted by Gasteiger charge is 2.48. The van der Waals surface area contributed by atoms with Gasteiger partial charge >= 0.3 is 0 Å². The van der Waals surface area contributed by atoms with Crippen LogP contribution in [0.4, 0.5) is 0 Å². The smallest absolute Gasteiger partial charge is 0.0775 e. The molecule has 3 rings (SSSR count). The Morgan fingerprint density at radius 1 is 1.21 bits per heavy atom. The van der Waals surface area contributed by atoms with Gasteiger partial charge in [-0.15, -0.1) is 0 Å². The number of rotatable bonds is 1. The van der Waals surface area contributed by atoms with Crippen molar-refractivity contribution >= 4 is 5.71 Å². The van der Waals surface area contributed by atoms with E-state index in [2.05, 4.69) is 10.1 Å². The van der Waals surface area contributed by atoms with E-state index in [9.17, 15) is 0 Å². The maximum absolute atomic E-state index is 9.08. The van der Waals surface area contributed by atoms with Crippen molar-refractivity contribution in [1.29, 1.82) is 0 Å². The van der Waals surface area contributed by atoms with Gasteiger partial charge in [-0.25, -0.2) is 0 Å². The fraction of sp³-hybridized carbons (Fsp3) is 0.909. The monoisotopic (exact) mass is 194 g/mol. The number of hydrogen-bond acceptors (Lipinski definition) is 3. The fourth-order valence-corrected chi connectivity index (χ4v) is 3.70. The molecule has 3 heteroatoms. The molecule has 0 radical (unpaired) electrons. The Kier molecular flexibility index (Phi) is 2.01. The van der Waals surface area contributed by atoms with Crippen LogP contribution >= 0.6 is 0 Å². The second-order valence-electron chi connectivity index (χ2n) is 4.98. The quantitative estimate of drug-likeness (QED) is 0.509. The molecule has 1 heterocycles. The molecule has 1 saturated heterocycles. The van der Waals surface area contributed by atoms with E-state index in [0.29, 0.717) is 12.0 Å². The predicted molar refractivity (Wildman–Crippen MR) is 54.6 cm³/mol. The van der Waals surface area contributed by atoms with Gasteiger partial charge in [-0.05, 0) is 51.1 Å². The van der Waals surface area contributed by atoms with Gasteiger partial charge < -0.3 is 5.21 Å². The summed E-state index contributed by atoms with van der Waals surface area (Å²) in [5.74, 6) is 1.40. The molecule has 1 N–H and O–H groups in total. The number of likely N-dealkylation sites (tertiary alicyclic amines) is 1. The minimum absolute atomic E-state index is 0.501. The van der Waals surface area contributed by atoms with Crippen LogP contribution in [0.3, 0.4) is 0 Å². The van der Waals surface area contributed by atoms with Crippen LogP contribution in [0.15, 0.2) is 5.16 Å². The molecule has 14 heavy (non-hydrogen) atoms. The van der Waals surface area contributed by atoms with Gasteiger partial charge in [0, 0.05) is 5.92 Å². The van der Waals surface area contributed by atoms with Crippen molar-refractivity contribution in [3.05, 3.63) is 0 Å². The molecule has 3 fully saturated rings. The first-order valence-corrected chi connectivity index (χ1v) is 5.86. The Bertz CT molecular complexity index is 258. The molecule has 3 aliphatic rings. The highest BCUT2D eigenvalue weighted by molar-refractivity contribution is 5.94. The maximum atomic E-state index is 9.08. The molecule has 1 aliphatic heterocycles. The molecule has 2 saturated carbocycles. The Hall–Kier alpha value is -0.570. The second kappa shape index (κ2) is 3.23. The first-order valence-electron chi connectivity index (χ1n) is 5.86. The summed E-state index contributed by atoms with van der Waals surface area (Å²) in [6.07, 6.45) is 6.54. The van der Waals surface area contributed by atoms with Gasteiger partial charge in [0.1, 0.15) is 0 Å². The summed E-state index contributed by atoms with van der Waals surface area (Å²) < 4.78 is 0. The molecule has 3 nitrogen and oxygen atoms in total. The normalized spacial score (nSPS) is 45.4. The van der Waals surface area contributed by atoms with Crippen LogP contribution in [-0.2, 0) is 0 Å². The predicted octanol–water partition coefficient (Wildman–Crippen LogP) is 1.71. The lowest BCUT2D eigenvalue weighted by molar-refractivity contribution is 0.230.